The van der Waals surface area contributed by atoms with Crippen molar-refractivity contribution in [1.29, 1.82) is 5.26 Å². The first kappa shape index (κ1) is 21.4. The quantitative estimate of drug-likeness (QED) is 0.265. The minimum Gasteiger partial charge on any atom is -0.362 e. The number of H-pyrrole nitrogens is 1. The van der Waals surface area contributed by atoms with E-state index in [1.54, 1.807) is 7.05 Å². The summed E-state index contributed by atoms with van der Waals surface area (Å²) in [6, 6.07) is 12.6. The Morgan fingerprint density at radius 2 is 1.97 bits per heavy atom. The van der Waals surface area contributed by atoms with Gasteiger partial charge < -0.3 is 15.6 Å². The van der Waals surface area contributed by atoms with E-state index in [1.165, 1.54) is 5.56 Å². The predicted molar refractivity (Wildman–Crippen MR) is 118 cm³/mol. The first-order valence-corrected chi connectivity index (χ1v) is 10.4. The van der Waals surface area contributed by atoms with Gasteiger partial charge in [0.2, 0.25) is 5.96 Å². The fourth-order valence-corrected chi connectivity index (χ4v) is 4.38. The van der Waals surface area contributed by atoms with Crippen LogP contribution in [0.1, 0.15) is 53.0 Å². The van der Waals surface area contributed by atoms with Gasteiger partial charge in [-0.25, -0.2) is 0 Å². The maximum atomic E-state index is 12.8. The maximum Gasteiger partial charge on any atom is 0.253 e. The summed E-state index contributed by atoms with van der Waals surface area (Å²) in [6.07, 6.45) is 5.64. The van der Waals surface area contributed by atoms with Crippen LogP contribution in [0.15, 0.2) is 41.4 Å². The Kier molecular flexibility index (Phi) is 6.78. The zero-order valence-corrected chi connectivity index (χ0v) is 17.9. The summed E-state index contributed by atoms with van der Waals surface area (Å²) < 4.78 is 0. The molecule has 30 heavy (non-hydrogen) atoms. The molecule has 7 heteroatoms. The van der Waals surface area contributed by atoms with Gasteiger partial charge >= 0.3 is 0 Å². The van der Waals surface area contributed by atoms with E-state index in [-0.39, 0.29) is 17.4 Å². The summed E-state index contributed by atoms with van der Waals surface area (Å²) >= 11 is 0. The lowest BCUT2D eigenvalue weighted by atomic mass is 9.68. The molecule has 0 bridgehead atoms. The van der Waals surface area contributed by atoms with Crippen LogP contribution in [0, 0.1) is 25.3 Å². The summed E-state index contributed by atoms with van der Waals surface area (Å²) in [6.45, 7) is 4.48. The van der Waals surface area contributed by atoms with Gasteiger partial charge in [0, 0.05) is 36.4 Å². The number of nitrogens with one attached hydrogen (secondary N) is 4. The van der Waals surface area contributed by atoms with Crippen molar-refractivity contribution in [3.8, 4) is 6.19 Å². The van der Waals surface area contributed by atoms with Crippen LogP contribution in [0.25, 0.3) is 0 Å². The molecule has 0 radical (unpaired) electrons. The van der Waals surface area contributed by atoms with Gasteiger partial charge in [0.05, 0.1) is 5.56 Å². The van der Waals surface area contributed by atoms with Crippen molar-refractivity contribution in [3.63, 3.8) is 0 Å². The molecule has 2 aromatic rings. The molecule has 1 aliphatic carbocycles. The van der Waals surface area contributed by atoms with Crippen molar-refractivity contribution in [3.05, 3.63) is 58.9 Å². The molecule has 1 saturated carbocycles. The van der Waals surface area contributed by atoms with Crippen LogP contribution < -0.4 is 16.0 Å². The largest absolute Gasteiger partial charge is 0.362 e. The molecule has 3 rings (SSSR count). The number of carbonyl (C=O) groups excluding carboxylic acids is 1. The van der Waals surface area contributed by atoms with Crippen LogP contribution in [0.3, 0.4) is 0 Å². The summed E-state index contributed by atoms with van der Waals surface area (Å²) in [7, 11) is 1.66. The molecular formula is C23H30N6O. The minimum absolute atomic E-state index is 0.0361. The Morgan fingerprint density at radius 3 is 2.53 bits per heavy atom. The second-order valence-electron chi connectivity index (χ2n) is 8.05. The Hall–Kier alpha value is -3.27. The number of aromatic nitrogens is 1. The lowest BCUT2D eigenvalue weighted by Gasteiger charge is -2.41. The molecule has 0 atom stereocenters. The topological polar surface area (TPSA) is 105 Å². The zero-order valence-electron chi connectivity index (χ0n) is 17.9. The van der Waals surface area contributed by atoms with E-state index in [1.807, 2.05) is 32.2 Å². The molecule has 0 spiro atoms. The lowest BCUT2D eigenvalue weighted by molar-refractivity contribution is 0.0934. The number of carbonyl (C=O) groups is 1. The predicted octanol–water partition coefficient (Wildman–Crippen LogP) is 2.89. The minimum atomic E-state index is -0.111. The summed E-state index contributed by atoms with van der Waals surface area (Å²) in [5.41, 5.74) is 3.73. The molecule has 0 saturated heterocycles. The number of hydrogen-bond acceptors (Lipinski definition) is 3. The number of guanidine groups is 1. The van der Waals surface area contributed by atoms with Crippen LogP contribution in [0.2, 0.25) is 0 Å². The van der Waals surface area contributed by atoms with Gasteiger partial charge in [0.1, 0.15) is 0 Å². The third-order valence-electron chi connectivity index (χ3n) is 6.05. The Balaban J connectivity index is 1.72. The number of nitriles is 1. The van der Waals surface area contributed by atoms with Gasteiger partial charge in [-0.1, -0.05) is 30.3 Å². The number of nitrogens with zero attached hydrogens (tertiary/aromatic N) is 2. The number of aromatic amines is 1. The number of amides is 1. The summed E-state index contributed by atoms with van der Waals surface area (Å²) in [4.78, 5) is 20.1. The molecular weight excluding hydrogens is 376 g/mol. The van der Waals surface area contributed by atoms with E-state index >= 15 is 0 Å². The van der Waals surface area contributed by atoms with Crippen molar-refractivity contribution in [2.45, 2.75) is 51.0 Å². The third-order valence-corrected chi connectivity index (χ3v) is 6.05. The van der Waals surface area contributed by atoms with Crippen molar-refractivity contribution < 1.29 is 4.79 Å². The summed E-state index contributed by atoms with van der Waals surface area (Å²) in [5, 5.41) is 17.9. The second kappa shape index (κ2) is 9.49. The highest BCUT2D eigenvalue weighted by Gasteiger charge is 2.37. The van der Waals surface area contributed by atoms with E-state index in [0.717, 1.165) is 37.1 Å². The fraction of sp³-hybridized carbons (Fsp3) is 0.435. The highest BCUT2D eigenvalue weighted by Crippen LogP contribution is 2.39. The maximum absolute atomic E-state index is 12.8. The second-order valence-corrected chi connectivity index (χ2v) is 8.05. The molecule has 1 amide bonds. The SMILES string of the molecule is CN=C(NC#N)NC1CCC(CNC(=O)c2cc(C)[nH]c2C)(c2ccccc2)CC1. The molecule has 0 unspecified atom stereocenters. The van der Waals surface area contributed by atoms with Crippen molar-refractivity contribution in [2.75, 3.05) is 13.6 Å². The van der Waals surface area contributed by atoms with E-state index < -0.39 is 0 Å². The van der Waals surface area contributed by atoms with Crippen LogP contribution in [0.4, 0.5) is 0 Å². The van der Waals surface area contributed by atoms with Crippen LogP contribution >= 0.6 is 0 Å². The van der Waals surface area contributed by atoms with Crippen molar-refractivity contribution >= 4 is 11.9 Å². The first-order chi connectivity index (χ1) is 14.5. The van der Waals surface area contributed by atoms with Crippen molar-refractivity contribution in [1.82, 2.24) is 20.9 Å². The van der Waals surface area contributed by atoms with E-state index in [0.29, 0.717) is 18.1 Å². The van der Waals surface area contributed by atoms with E-state index in [4.69, 9.17) is 5.26 Å². The summed E-state index contributed by atoms with van der Waals surface area (Å²) in [5.74, 6) is 0.465. The fourth-order valence-electron chi connectivity index (χ4n) is 4.38. The van der Waals surface area contributed by atoms with Gasteiger partial charge in [-0.05, 0) is 51.2 Å². The van der Waals surface area contributed by atoms with Gasteiger partial charge in [-0.15, -0.1) is 0 Å². The van der Waals surface area contributed by atoms with E-state index in [9.17, 15) is 4.79 Å². The Bertz CT molecular complexity index is 932. The van der Waals surface area contributed by atoms with Gasteiger partial charge in [0.15, 0.2) is 6.19 Å². The molecule has 158 valence electrons. The molecule has 7 nitrogen and oxygen atoms in total. The highest BCUT2D eigenvalue weighted by atomic mass is 16.1. The zero-order chi connectivity index (χ0) is 21.6. The van der Waals surface area contributed by atoms with E-state index in [2.05, 4.69) is 50.2 Å². The van der Waals surface area contributed by atoms with Crippen LogP contribution in [-0.4, -0.2) is 36.5 Å². The smallest absolute Gasteiger partial charge is 0.253 e. The lowest BCUT2D eigenvalue weighted by Crippen LogP contribution is -2.49. The van der Waals surface area contributed by atoms with Gasteiger partial charge in [-0.2, -0.15) is 5.26 Å². The van der Waals surface area contributed by atoms with Gasteiger partial charge in [0.25, 0.3) is 5.91 Å². The molecule has 1 aromatic heterocycles. The highest BCUT2D eigenvalue weighted by molar-refractivity contribution is 5.95. The average Bonchev–Trinajstić information content (AvgIpc) is 3.11. The molecule has 1 aliphatic rings. The molecule has 0 aliphatic heterocycles. The van der Waals surface area contributed by atoms with Crippen LogP contribution in [0.5, 0.6) is 0 Å². The van der Waals surface area contributed by atoms with Crippen molar-refractivity contribution in [2.24, 2.45) is 4.99 Å². The third kappa shape index (κ3) is 4.82. The monoisotopic (exact) mass is 406 g/mol. The van der Waals surface area contributed by atoms with Gasteiger partial charge in [-0.3, -0.25) is 15.1 Å². The molecule has 1 fully saturated rings. The number of rotatable bonds is 5. The number of benzene rings is 1. The Morgan fingerprint density at radius 1 is 1.27 bits per heavy atom. The normalized spacial score (nSPS) is 21.5. The molecule has 1 heterocycles. The number of aryl methyl sites for hydroxylation is 2. The number of hydrogen-bond donors (Lipinski definition) is 4. The molecule has 4 N–H and O–H groups in total. The Labute approximate surface area is 178 Å². The van der Waals surface area contributed by atoms with Crippen LogP contribution in [-0.2, 0) is 5.41 Å². The molecule has 1 aromatic carbocycles. The standard InChI is InChI=1S/C23H30N6O/c1-16-13-20(17(2)28-16)21(30)26-14-23(18-7-5-4-6-8-18)11-9-19(10-12-23)29-22(25-3)27-15-24/h4-8,13,19,28H,9-12,14H2,1-3H3,(H,26,30)(H2,25,27,29). The average molecular weight is 407 g/mol. The number of aliphatic imine (C=N–C) groups is 1. The first-order valence-electron chi connectivity index (χ1n) is 10.4.